The molecule has 0 aromatic rings. The van der Waals surface area contributed by atoms with Crippen LogP contribution in [0.15, 0.2) is 24.3 Å². The Morgan fingerprint density at radius 3 is 2.64 bits per heavy atom. The van der Waals surface area contributed by atoms with E-state index in [1.165, 1.54) is 0 Å². The minimum atomic E-state index is -0.766. The molecular weight excluding hydrogens is 356 g/mol. The van der Waals surface area contributed by atoms with Crippen molar-refractivity contribution in [1.82, 2.24) is 0 Å². The Kier molecular flexibility index (Phi) is 13.1. The van der Waals surface area contributed by atoms with Crippen molar-refractivity contribution >= 4 is 5.97 Å². The van der Waals surface area contributed by atoms with Crippen LogP contribution < -0.4 is 0 Å². The van der Waals surface area contributed by atoms with E-state index in [0.29, 0.717) is 19.4 Å². The van der Waals surface area contributed by atoms with E-state index in [1.54, 1.807) is 0 Å². The average Bonchev–Trinajstić information content (AvgIpc) is 2.95. The molecule has 1 fully saturated rings. The number of hydrogen-bond acceptors (Lipinski definition) is 4. The van der Waals surface area contributed by atoms with Crippen LogP contribution in [0.5, 0.6) is 0 Å². The van der Waals surface area contributed by atoms with E-state index >= 15 is 0 Å². The van der Waals surface area contributed by atoms with E-state index in [-0.39, 0.29) is 24.4 Å². The third kappa shape index (κ3) is 9.85. The monoisotopic (exact) mass is 396 g/mol. The lowest BCUT2D eigenvalue weighted by molar-refractivity contribution is -0.137. The molecule has 0 heterocycles. The molecule has 0 bridgehead atoms. The summed E-state index contributed by atoms with van der Waals surface area (Å²) in [6.45, 7) is 4.90. The summed E-state index contributed by atoms with van der Waals surface area (Å²) in [6, 6.07) is 0. The smallest absolute Gasteiger partial charge is 0.303 e. The van der Waals surface area contributed by atoms with E-state index in [9.17, 15) is 15.0 Å². The molecule has 0 aromatic heterocycles. The number of aliphatic hydroxyl groups excluding tert-OH is 2. The van der Waals surface area contributed by atoms with E-state index < -0.39 is 18.2 Å². The summed E-state index contributed by atoms with van der Waals surface area (Å²) in [6.07, 6.45) is 15.0. The molecule has 5 unspecified atom stereocenters. The maximum atomic E-state index is 10.6. The van der Waals surface area contributed by atoms with Gasteiger partial charge in [-0.25, -0.2) is 0 Å². The summed E-state index contributed by atoms with van der Waals surface area (Å²) in [5, 5.41) is 29.5. The van der Waals surface area contributed by atoms with Crippen LogP contribution >= 0.6 is 0 Å². The third-order valence-corrected chi connectivity index (χ3v) is 5.42. The third-order valence-electron chi connectivity index (χ3n) is 5.42. The highest BCUT2D eigenvalue weighted by molar-refractivity contribution is 5.66. The fraction of sp³-hybridized carbons (Fsp3) is 0.783. The molecule has 0 amide bonds. The predicted molar refractivity (Wildman–Crippen MR) is 112 cm³/mol. The van der Waals surface area contributed by atoms with Gasteiger partial charge in [0.1, 0.15) is 0 Å². The average molecular weight is 397 g/mol. The highest BCUT2D eigenvalue weighted by Crippen LogP contribution is 2.38. The molecule has 5 heteroatoms. The van der Waals surface area contributed by atoms with Gasteiger partial charge in [0.05, 0.1) is 18.3 Å². The number of allylic oxidation sites excluding steroid dienone is 2. The number of aliphatic hydroxyl groups is 2. The Bertz CT molecular complexity index is 474. The highest BCUT2D eigenvalue weighted by atomic mass is 16.5. The van der Waals surface area contributed by atoms with Gasteiger partial charge in [-0.3, -0.25) is 4.79 Å². The van der Waals surface area contributed by atoms with Crippen molar-refractivity contribution in [1.29, 1.82) is 0 Å². The van der Waals surface area contributed by atoms with Crippen molar-refractivity contribution in [3.05, 3.63) is 24.3 Å². The topological polar surface area (TPSA) is 87.0 Å². The second-order valence-corrected chi connectivity index (χ2v) is 7.89. The molecule has 0 radical (unpaired) electrons. The number of hydrogen-bond donors (Lipinski definition) is 3. The molecule has 28 heavy (non-hydrogen) atoms. The van der Waals surface area contributed by atoms with Gasteiger partial charge >= 0.3 is 5.97 Å². The summed E-state index contributed by atoms with van der Waals surface area (Å²) in [7, 11) is 0. The van der Waals surface area contributed by atoms with Gasteiger partial charge < -0.3 is 20.1 Å². The van der Waals surface area contributed by atoms with E-state index in [4.69, 9.17) is 9.84 Å². The summed E-state index contributed by atoms with van der Waals surface area (Å²) in [5.41, 5.74) is 0. The number of ether oxygens (including phenoxy) is 1. The van der Waals surface area contributed by atoms with Gasteiger partial charge in [0.15, 0.2) is 0 Å². The normalized spacial score (nSPS) is 26.4. The minimum absolute atomic E-state index is 0.0144. The van der Waals surface area contributed by atoms with Crippen LogP contribution in [0.25, 0.3) is 0 Å². The largest absolute Gasteiger partial charge is 0.481 e. The first-order valence-electron chi connectivity index (χ1n) is 11.0. The fourth-order valence-corrected chi connectivity index (χ4v) is 3.83. The van der Waals surface area contributed by atoms with Gasteiger partial charge in [-0.05, 0) is 38.0 Å². The van der Waals surface area contributed by atoms with Crippen molar-refractivity contribution < 1.29 is 24.9 Å². The minimum Gasteiger partial charge on any atom is -0.481 e. The fourth-order valence-electron chi connectivity index (χ4n) is 3.83. The Balaban J connectivity index is 2.63. The molecular formula is C23H40O5. The van der Waals surface area contributed by atoms with Crippen molar-refractivity contribution in [3.8, 4) is 0 Å². The van der Waals surface area contributed by atoms with Crippen LogP contribution in [-0.4, -0.2) is 46.2 Å². The number of unbranched alkanes of at least 4 members (excludes halogenated alkanes) is 3. The van der Waals surface area contributed by atoms with Crippen molar-refractivity contribution in [3.63, 3.8) is 0 Å². The Morgan fingerprint density at radius 1 is 1.18 bits per heavy atom. The first kappa shape index (κ1) is 24.9. The van der Waals surface area contributed by atoms with Crippen LogP contribution in [0, 0.1) is 11.8 Å². The lowest BCUT2D eigenvalue weighted by atomic mass is 9.89. The van der Waals surface area contributed by atoms with Gasteiger partial charge in [0, 0.05) is 25.4 Å². The molecule has 1 aliphatic rings. The molecule has 3 N–H and O–H groups in total. The van der Waals surface area contributed by atoms with Crippen molar-refractivity contribution in [2.75, 3.05) is 6.61 Å². The number of aliphatic carboxylic acids is 1. The van der Waals surface area contributed by atoms with Gasteiger partial charge in [-0.2, -0.15) is 0 Å². The number of carbonyl (C=O) groups is 1. The van der Waals surface area contributed by atoms with E-state index in [2.05, 4.69) is 26.0 Å². The molecule has 0 saturated heterocycles. The molecule has 162 valence electrons. The van der Waals surface area contributed by atoms with Gasteiger partial charge in [0.2, 0.25) is 0 Å². The lowest BCUT2D eigenvalue weighted by Gasteiger charge is -2.22. The van der Waals surface area contributed by atoms with Crippen LogP contribution in [-0.2, 0) is 9.53 Å². The molecule has 5 nitrogen and oxygen atoms in total. The molecule has 0 aliphatic heterocycles. The van der Waals surface area contributed by atoms with Crippen molar-refractivity contribution in [2.45, 2.75) is 96.4 Å². The SMILES string of the molecule is CCCCCC(O)C=CC1C(OCCC)CC(O)C1CC=CCCCC(=O)O. The number of rotatable bonds is 15. The quantitative estimate of drug-likeness (QED) is 0.281. The summed E-state index contributed by atoms with van der Waals surface area (Å²) < 4.78 is 5.99. The van der Waals surface area contributed by atoms with Gasteiger partial charge in [0.25, 0.3) is 0 Å². The molecule has 0 spiro atoms. The standard InChI is InChI=1S/C23H40O5/c1-3-5-8-11-18(24)14-15-20-19(12-9-6-7-10-13-23(26)27)21(25)17-22(20)28-16-4-2/h6,9,14-15,18-22,24-25H,3-5,7-8,10-13,16-17H2,1-2H3,(H,26,27). The maximum Gasteiger partial charge on any atom is 0.303 e. The predicted octanol–water partition coefficient (Wildman–Crippen LogP) is 4.48. The highest BCUT2D eigenvalue weighted by Gasteiger charge is 2.40. The Hall–Kier alpha value is -1.17. The second kappa shape index (κ2) is 14.8. The number of carboxylic acids is 1. The van der Waals surface area contributed by atoms with E-state index in [1.807, 2.05) is 12.2 Å². The number of carboxylic acid groups (broad SMARTS) is 1. The van der Waals surface area contributed by atoms with Crippen molar-refractivity contribution in [2.24, 2.45) is 11.8 Å². The zero-order valence-corrected chi connectivity index (χ0v) is 17.6. The first-order chi connectivity index (χ1) is 13.5. The van der Waals surface area contributed by atoms with Crippen LogP contribution in [0.3, 0.4) is 0 Å². The van der Waals surface area contributed by atoms with Crippen LogP contribution in [0.4, 0.5) is 0 Å². The summed E-state index contributed by atoms with van der Waals surface area (Å²) in [5.74, 6) is -0.610. The van der Waals surface area contributed by atoms with Crippen LogP contribution in [0.2, 0.25) is 0 Å². The maximum absolute atomic E-state index is 10.6. The van der Waals surface area contributed by atoms with Gasteiger partial charge in [-0.1, -0.05) is 57.4 Å². The molecule has 0 aromatic carbocycles. The lowest BCUT2D eigenvalue weighted by Crippen LogP contribution is -2.22. The van der Waals surface area contributed by atoms with E-state index in [0.717, 1.165) is 44.9 Å². The van der Waals surface area contributed by atoms with Gasteiger partial charge in [-0.15, -0.1) is 0 Å². The zero-order valence-electron chi connectivity index (χ0n) is 17.6. The van der Waals surface area contributed by atoms with Crippen LogP contribution in [0.1, 0.15) is 78.1 Å². The molecule has 1 rings (SSSR count). The Labute approximate surface area is 170 Å². The first-order valence-corrected chi connectivity index (χ1v) is 11.0. The second-order valence-electron chi connectivity index (χ2n) is 7.89. The summed E-state index contributed by atoms with van der Waals surface area (Å²) >= 11 is 0. The molecule has 1 aliphatic carbocycles. The molecule has 5 atom stereocenters. The summed E-state index contributed by atoms with van der Waals surface area (Å²) in [4.78, 5) is 10.6. The zero-order chi connectivity index (χ0) is 20.8. The Morgan fingerprint density at radius 2 is 1.96 bits per heavy atom. The molecule has 1 saturated carbocycles.